The van der Waals surface area contributed by atoms with Crippen molar-refractivity contribution in [1.29, 1.82) is 0 Å². The number of aromatic nitrogens is 1. The number of aryl methyl sites for hydroxylation is 1. The first-order valence-corrected chi connectivity index (χ1v) is 6.73. The van der Waals surface area contributed by atoms with Gasteiger partial charge in [-0.2, -0.15) is 0 Å². The Hall–Kier alpha value is -2.63. The Labute approximate surface area is 122 Å². The van der Waals surface area contributed by atoms with Crippen molar-refractivity contribution in [3.05, 3.63) is 68.6 Å². The molecule has 1 heterocycles. The summed E-state index contributed by atoms with van der Waals surface area (Å²) in [6.07, 6.45) is 1.72. The van der Waals surface area contributed by atoms with Gasteiger partial charge in [0.15, 0.2) is 0 Å². The summed E-state index contributed by atoms with van der Waals surface area (Å²) in [4.78, 5) is 22.2. The van der Waals surface area contributed by atoms with E-state index in [9.17, 15) is 14.9 Å². The Kier molecular flexibility index (Phi) is 4.37. The van der Waals surface area contributed by atoms with Crippen LogP contribution in [-0.4, -0.2) is 9.49 Å². The second-order valence-electron chi connectivity index (χ2n) is 4.72. The van der Waals surface area contributed by atoms with Gasteiger partial charge < -0.3 is 9.88 Å². The average Bonchev–Trinajstić information content (AvgIpc) is 2.49. The van der Waals surface area contributed by atoms with E-state index in [1.54, 1.807) is 35.0 Å². The fourth-order valence-electron chi connectivity index (χ4n) is 2.21. The predicted octanol–water partition coefficient (Wildman–Crippen LogP) is 2.95. The highest BCUT2D eigenvalue weighted by Crippen LogP contribution is 2.26. The largest absolute Gasteiger partial charge is 0.377 e. The van der Waals surface area contributed by atoms with Crippen LogP contribution in [0.15, 0.2) is 47.4 Å². The lowest BCUT2D eigenvalue weighted by atomic mass is 10.1. The Balaban J connectivity index is 2.28. The van der Waals surface area contributed by atoms with E-state index in [4.69, 9.17) is 0 Å². The van der Waals surface area contributed by atoms with Crippen molar-refractivity contribution in [3.63, 3.8) is 0 Å². The van der Waals surface area contributed by atoms with Crippen LogP contribution >= 0.6 is 0 Å². The second-order valence-corrected chi connectivity index (χ2v) is 4.72. The van der Waals surface area contributed by atoms with Crippen molar-refractivity contribution in [2.45, 2.75) is 26.4 Å². The van der Waals surface area contributed by atoms with Crippen molar-refractivity contribution in [2.75, 3.05) is 5.32 Å². The van der Waals surface area contributed by atoms with Crippen molar-refractivity contribution < 1.29 is 4.92 Å². The van der Waals surface area contributed by atoms with Gasteiger partial charge in [-0.3, -0.25) is 14.9 Å². The number of rotatable bonds is 5. The minimum atomic E-state index is -0.388. The van der Waals surface area contributed by atoms with Gasteiger partial charge >= 0.3 is 0 Å². The van der Waals surface area contributed by atoms with Crippen LogP contribution in [0.5, 0.6) is 0 Å². The molecule has 1 aromatic carbocycles. The summed E-state index contributed by atoms with van der Waals surface area (Å²) in [5, 5.41) is 14.2. The van der Waals surface area contributed by atoms with Gasteiger partial charge in [0, 0.05) is 24.9 Å². The molecule has 0 spiro atoms. The van der Waals surface area contributed by atoms with Gasteiger partial charge in [-0.1, -0.05) is 18.2 Å². The third-order valence-electron chi connectivity index (χ3n) is 3.31. The standard InChI is InChI=1S/C15H17N3O3/c1-3-17-10-12(8-9-15(17)19)16-11(2)13-6-4-5-7-14(13)18(20)21/h4-11,16H,3H2,1-2H3. The Bertz CT molecular complexity index is 709. The summed E-state index contributed by atoms with van der Waals surface area (Å²) < 4.78 is 1.58. The molecule has 0 saturated carbocycles. The maximum Gasteiger partial charge on any atom is 0.274 e. The van der Waals surface area contributed by atoms with Crippen molar-refractivity contribution >= 4 is 11.4 Å². The fraction of sp³-hybridized carbons (Fsp3) is 0.267. The number of hydrogen-bond donors (Lipinski definition) is 1. The molecule has 2 rings (SSSR count). The Morgan fingerprint density at radius 2 is 2.00 bits per heavy atom. The summed E-state index contributed by atoms with van der Waals surface area (Å²) >= 11 is 0. The molecule has 1 N–H and O–H groups in total. The van der Waals surface area contributed by atoms with Gasteiger partial charge in [0.25, 0.3) is 11.2 Å². The van der Waals surface area contributed by atoms with Crippen LogP contribution in [0.1, 0.15) is 25.5 Å². The van der Waals surface area contributed by atoms with E-state index in [2.05, 4.69) is 5.32 Å². The molecule has 0 aliphatic carbocycles. The zero-order chi connectivity index (χ0) is 15.4. The van der Waals surface area contributed by atoms with Crippen LogP contribution in [0.25, 0.3) is 0 Å². The number of nitro groups is 1. The van der Waals surface area contributed by atoms with Crippen LogP contribution in [-0.2, 0) is 6.54 Å². The highest BCUT2D eigenvalue weighted by atomic mass is 16.6. The fourth-order valence-corrected chi connectivity index (χ4v) is 2.21. The van der Waals surface area contributed by atoms with Crippen LogP contribution in [0.2, 0.25) is 0 Å². The van der Waals surface area contributed by atoms with Gasteiger partial charge in [-0.05, 0) is 19.9 Å². The summed E-state index contributed by atoms with van der Waals surface area (Å²) in [5.74, 6) is 0. The lowest BCUT2D eigenvalue weighted by molar-refractivity contribution is -0.385. The Morgan fingerprint density at radius 1 is 1.29 bits per heavy atom. The number of anilines is 1. The first-order chi connectivity index (χ1) is 10.0. The molecule has 2 aromatic rings. The normalized spacial score (nSPS) is 11.9. The minimum Gasteiger partial charge on any atom is -0.377 e. The highest BCUT2D eigenvalue weighted by Gasteiger charge is 2.18. The molecule has 0 aliphatic rings. The quantitative estimate of drug-likeness (QED) is 0.677. The molecule has 6 nitrogen and oxygen atoms in total. The number of hydrogen-bond acceptors (Lipinski definition) is 4. The van der Waals surface area contributed by atoms with E-state index in [0.717, 1.165) is 5.69 Å². The van der Waals surface area contributed by atoms with E-state index in [0.29, 0.717) is 12.1 Å². The third kappa shape index (κ3) is 3.28. The average molecular weight is 287 g/mol. The van der Waals surface area contributed by atoms with Crippen LogP contribution in [0.4, 0.5) is 11.4 Å². The molecule has 0 saturated heterocycles. The maximum absolute atomic E-state index is 11.5. The van der Waals surface area contributed by atoms with Gasteiger partial charge in [0.2, 0.25) is 0 Å². The molecule has 1 atom stereocenters. The van der Waals surface area contributed by atoms with Crippen LogP contribution < -0.4 is 10.9 Å². The maximum atomic E-state index is 11.5. The lowest BCUT2D eigenvalue weighted by Gasteiger charge is -2.16. The third-order valence-corrected chi connectivity index (χ3v) is 3.31. The number of nitrogens with zero attached hydrogens (tertiary/aromatic N) is 2. The first kappa shape index (κ1) is 14.8. The molecule has 1 unspecified atom stereocenters. The molecule has 0 radical (unpaired) electrons. The molecule has 6 heteroatoms. The summed E-state index contributed by atoms with van der Waals surface area (Å²) in [5.41, 5.74) is 1.38. The molecular weight excluding hydrogens is 270 g/mol. The number of pyridine rings is 1. The molecule has 0 amide bonds. The Morgan fingerprint density at radius 3 is 2.67 bits per heavy atom. The smallest absolute Gasteiger partial charge is 0.274 e. The highest BCUT2D eigenvalue weighted by molar-refractivity contribution is 5.48. The van der Waals surface area contributed by atoms with Crippen molar-refractivity contribution in [3.8, 4) is 0 Å². The predicted molar refractivity (Wildman–Crippen MR) is 81.5 cm³/mol. The molecule has 21 heavy (non-hydrogen) atoms. The summed E-state index contributed by atoms with van der Waals surface area (Å²) in [6, 6.07) is 9.55. The zero-order valence-electron chi connectivity index (χ0n) is 11.9. The van der Waals surface area contributed by atoms with Gasteiger partial charge in [-0.25, -0.2) is 0 Å². The monoisotopic (exact) mass is 287 g/mol. The van der Waals surface area contributed by atoms with Crippen molar-refractivity contribution in [1.82, 2.24) is 4.57 Å². The van der Waals surface area contributed by atoms with Crippen molar-refractivity contribution in [2.24, 2.45) is 0 Å². The topological polar surface area (TPSA) is 77.2 Å². The number of nitrogens with one attached hydrogen (secondary N) is 1. The van der Waals surface area contributed by atoms with Gasteiger partial charge in [0.05, 0.1) is 22.2 Å². The zero-order valence-corrected chi connectivity index (χ0v) is 11.9. The summed E-state index contributed by atoms with van der Waals surface area (Å²) in [7, 11) is 0. The number of para-hydroxylation sites is 1. The van der Waals surface area contributed by atoms with E-state index in [1.807, 2.05) is 13.8 Å². The minimum absolute atomic E-state index is 0.0682. The molecular formula is C15H17N3O3. The molecule has 0 aliphatic heterocycles. The number of nitro benzene ring substituents is 1. The first-order valence-electron chi connectivity index (χ1n) is 6.73. The molecule has 110 valence electrons. The SMILES string of the molecule is CCn1cc(NC(C)c2ccccc2[N+](=O)[O-])ccc1=O. The number of benzene rings is 1. The van der Waals surface area contributed by atoms with E-state index < -0.39 is 0 Å². The van der Waals surface area contributed by atoms with Crippen LogP contribution in [0.3, 0.4) is 0 Å². The molecule has 0 bridgehead atoms. The summed E-state index contributed by atoms with van der Waals surface area (Å²) in [6.45, 7) is 4.31. The molecule has 0 fully saturated rings. The van der Waals surface area contributed by atoms with E-state index >= 15 is 0 Å². The van der Waals surface area contributed by atoms with Gasteiger partial charge in [-0.15, -0.1) is 0 Å². The van der Waals surface area contributed by atoms with Crippen LogP contribution in [0, 0.1) is 10.1 Å². The van der Waals surface area contributed by atoms with E-state index in [-0.39, 0.29) is 22.2 Å². The molecule has 1 aromatic heterocycles. The second kappa shape index (κ2) is 6.21. The van der Waals surface area contributed by atoms with E-state index in [1.165, 1.54) is 12.1 Å². The van der Waals surface area contributed by atoms with Gasteiger partial charge in [0.1, 0.15) is 0 Å². The lowest BCUT2D eigenvalue weighted by Crippen LogP contribution is -2.18.